The van der Waals surface area contributed by atoms with Crippen molar-refractivity contribution in [3.8, 4) is 5.75 Å². The van der Waals surface area contributed by atoms with Crippen LogP contribution in [0.15, 0.2) is 23.0 Å². The minimum Gasteiger partial charge on any atom is -0.495 e. The molecule has 0 aliphatic heterocycles. The molecule has 0 fully saturated rings. The summed E-state index contributed by atoms with van der Waals surface area (Å²) < 4.78 is 5.28. The first-order valence-electron chi connectivity index (χ1n) is 6.21. The third-order valence-corrected chi connectivity index (χ3v) is 3.10. The van der Waals surface area contributed by atoms with Crippen molar-refractivity contribution in [2.45, 2.75) is 26.7 Å². The number of hydrogen-bond acceptors (Lipinski definition) is 3. The van der Waals surface area contributed by atoms with Gasteiger partial charge in [0.1, 0.15) is 11.5 Å². The van der Waals surface area contributed by atoms with Crippen LogP contribution in [0, 0.1) is 6.92 Å². The summed E-state index contributed by atoms with van der Waals surface area (Å²) in [6.45, 7) is 3.50. The molecule has 0 radical (unpaired) electrons. The molecule has 1 N–H and O–H groups in total. The Morgan fingerprint density at radius 2 is 2.05 bits per heavy atom. The van der Waals surface area contributed by atoms with Gasteiger partial charge in [-0.1, -0.05) is 0 Å². The number of nitrogens with one attached hydrogen (secondary N) is 1. The lowest BCUT2D eigenvalue weighted by Gasteiger charge is -2.08. The van der Waals surface area contributed by atoms with Crippen LogP contribution in [-0.4, -0.2) is 17.9 Å². The van der Waals surface area contributed by atoms with E-state index in [0.29, 0.717) is 29.7 Å². The summed E-state index contributed by atoms with van der Waals surface area (Å²) in [5.74, 6) is 0.742. The Morgan fingerprint density at radius 1 is 1.32 bits per heavy atom. The van der Waals surface area contributed by atoms with E-state index in [2.05, 4.69) is 4.98 Å². The number of pyridine rings is 1. The summed E-state index contributed by atoms with van der Waals surface area (Å²) in [6, 6.07) is 5.71. The van der Waals surface area contributed by atoms with Crippen molar-refractivity contribution in [2.24, 2.45) is 0 Å². The largest absolute Gasteiger partial charge is 0.495 e. The summed E-state index contributed by atoms with van der Waals surface area (Å²) in [5, 5.41) is 0.926. The number of aromatic amines is 1. The van der Waals surface area contributed by atoms with E-state index in [1.807, 2.05) is 25.1 Å². The van der Waals surface area contributed by atoms with Gasteiger partial charge in [-0.3, -0.25) is 4.79 Å². The van der Waals surface area contributed by atoms with Crippen LogP contribution in [0.1, 0.15) is 24.5 Å². The van der Waals surface area contributed by atoms with Crippen molar-refractivity contribution in [1.82, 2.24) is 4.98 Å². The normalized spacial score (nSPS) is 10.7. The average Bonchev–Trinajstić information content (AvgIpc) is 2.35. The molecule has 0 saturated carbocycles. The van der Waals surface area contributed by atoms with Crippen LogP contribution in [-0.2, 0) is 11.2 Å². The lowest BCUT2D eigenvalue weighted by atomic mass is 10.1. The predicted molar refractivity (Wildman–Crippen MR) is 74.9 cm³/mol. The number of aryl methyl sites for hydroxylation is 2. The molecular formula is C15H17NO3. The van der Waals surface area contributed by atoms with Gasteiger partial charge in [0, 0.05) is 17.4 Å². The number of rotatable bonds is 4. The standard InChI is InChI=1S/C15H17NO3/c1-9-6-12-8-11(5-4-10(2)17)15(18)16-14(12)13(7-9)19-3/h6-8H,4-5H2,1-3H3,(H,16,18). The van der Waals surface area contributed by atoms with Crippen molar-refractivity contribution >= 4 is 16.7 Å². The lowest BCUT2D eigenvalue weighted by Crippen LogP contribution is -2.13. The average molecular weight is 259 g/mol. The molecule has 100 valence electrons. The molecule has 0 amide bonds. The van der Waals surface area contributed by atoms with E-state index in [-0.39, 0.29) is 11.3 Å². The lowest BCUT2D eigenvalue weighted by molar-refractivity contribution is -0.116. The van der Waals surface area contributed by atoms with Gasteiger partial charge >= 0.3 is 0 Å². The van der Waals surface area contributed by atoms with Crippen LogP contribution in [0.5, 0.6) is 5.75 Å². The topological polar surface area (TPSA) is 59.2 Å². The maximum atomic E-state index is 12.0. The minimum absolute atomic E-state index is 0.0846. The Kier molecular flexibility index (Phi) is 3.69. The second kappa shape index (κ2) is 5.26. The fourth-order valence-electron chi connectivity index (χ4n) is 2.13. The number of fused-ring (bicyclic) bond motifs is 1. The van der Waals surface area contributed by atoms with Crippen molar-refractivity contribution in [2.75, 3.05) is 7.11 Å². The number of hydrogen-bond donors (Lipinski definition) is 1. The summed E-state index contributed by atoms with van der Waals surface area (Å²) >= 11 is 0. The molecule has 2 aromatic rings. The summed E-state index contributed by atoms with van der Waals surface area (Å²) in [7, 11) is 1.58. The Balaban J connectivity index is 2.55. The molecule has 4 nitrogen and oxygen atoms in total. The first-order chi connectivity index (χ1) is 9.01. The molecule has 4 heteroatoms. The highest BCUT2D eigenvalue weighted by atomic mass is 16.5. The second-order valence-electron chi connectivity index (χ2n) is 4.76. The van der Waals surface area contributed by atoms with E-state index < -0.39 is 0 Å². The monoisotopic (exact) mass is 259 g/mol. The van der Waals surface area contributed by atoms with Gasteiger partial charge in [0.25, 0.3) is 5.56 Å². The summed E-state index contributed by atoms with van der Waals surface area (Å²) in [4.78, 5) is 25.8. The van der Waals surface area contributed by atoms with Gasteiger partial charge in [-0.2, -0.15) is 0 Å². The van der Waals surface area contributed by atoms with Gasteiger partial charge < -0.3 is 14.5 Å². The first kappa shape index (κ1) is 13.3. The van der Waals surface area contributed by atoms with Crippen molar-refractivity contribution in [1.29, 1.82) is 0 Å². The number of ketones is 1. The zero-order valence-electron chi connectivity index (χ0n) is 11.4. The summed E-state index contributed by atoms with van der Waals surface area (Å²) in [6.07, 6.45) is 0.856. The number of Topliss-reactive ketones (excluding diaryl/α,β-unsaturated/α-hetero) is 1. The number of carbonyl (C=O) groups is 1. The van der Waals surface area contributed by atoms with E-state index in [0.717, 1.165) is 10.9 Å². The number of ether oxygens (including phenoxy) is 1. The van der Waals surface area contributed by atoms with Crippen LogP contribution in [0.4, 0.5) is 0 Å². The van der Waals surface area contributed by atoms with Crippen molar-refractivity contribution in [3.63, 3.8) is 0 Å². The maximum Gasteiger partial charge on any atom is 0.251 e. The van der Waals surface area contributed by atoms with Crippen molar-refractivity contribution < 1.29 is 9.53 Å². The predicted octanol–water partition coefficient (Wildman–Crippen LogP) is 2.37. The highest BCUT2D eigenvalue weighted by Gasteiger charge is 2.08. The van der Waals surface area contributed by atoms with Gasteiger partial charge in [0.05, 0.1) is 12.6 Å². The minimum atomic E-state index is -0.157. The zero-order chi connectivity index (χ0) is 14.0. The molecule has 0 bridgehead atoms. The van der Waals surface area contributed by atoms with Crippen LogP contribution in [0.2, 0.25) is 0 Å². The number of carbonyl (C=O) groups excluding carboxylic acids is 1. The quantitative estimate of drug-likeness (QED) is 0.917. The number of methoxy groups -OCH3 is 1. The van der Waals surface area contributed by atoms with Gasteiger partial charge in [-0.15, -0.1) is 0 Å². The Labute approximate surface area is 111 Å². The molecule has 0 unspecified atom stereocenters. The molecule has 1 aromatic carbocycles. The highest BCUT2D eigenvalue weighted by Crippen LogP contribution is 2.25. The van der Waals surface area contributed by atoms with E-state index in [4.69, 9.17) is 4.74 Å². The molecule has 1 heterocycles. The fourth-order valence-corrected chi connectivity index (χ4v) is 2.13. The molecular weight excluding hydrogens is 242 g/mol. The number of H-pyrrole nitrogens is 1. The van der Waals surface area contributed by atoms with Crippen LogP contribution >= 0.6 is 0 Å². The number of benzene rings is 1. The van der Waals surface area contributed by atoms with Gasteiger partial charge in [-0.25, -0.2) is 0 Å². The maximum absolute atomic E-state index is 12.0. The van der Waals surface area contributed by atoms with Crippen LogP contribution < -0.4 is 10.3 Å². The molecule has 19 heavy (non-hydrogen) atoms. The Bertz CT molecular complexity index is 686. The van der Waals surface area contributed by atoms with E-state index in [1.54, 1.807) is 7.11 Å². The van der Waals surface area contributed by atoms with E-state index in [9.17, 15) is 9.59 Å². The second-order valence-corrected chi connectivity index (χ2v) is 4.76. The van der Waals surface area contributed by atoms with E-state index in [1.165, 1.54) is 6.92 Å². The van der Waals surface area contributed by atoms with Gasteiger partial charge in [0.2, 0.25) is 0 Å². The van der Waals surface area contributed by atoms with Crippen LogP contribution in [0.25, 0.3) is 10.9 Å². The smallest absolute Gasteiger partial charge is 0.251 e. The summed E-state index contributed by atoms with van der Waals surface area (Å²) in [5.41, 5.74) is 2.24. The third kappa shape index (κ3) is 2.84. The van der Waals surface area contributed by atoms with Gasteiger partial charge in [-0.05, 0) is 44.0 Å². The molecule has 0 spiro atoms. The molecule has 2 rings (SSSR count). The fraction of sp³-hybridized carbons (Fsp3) is 0.333. The SMILES string of the molecule is COc1cc(C)cc2cc(CCC(C)=O)c(=O)[nH]c12. The van der Waals surface area contributed by atoms with E-state index >= 15 is 0 Å². The third-order valence-electron chi connectivity index (χ3n) is 3.10. The molecule has 1 aromatic heterocycles. The first-order valence-corrected chi connectivity index (χ1v) is 6.21. The Hall–Kier alpha value is -2.10. The van der Waals surface area contributed by atoms with Crippen LogP contribution in [0.3, 0.4) is 0 Å². The molecule has 0 saturated heterocycles. The number of aromatic nitrogens is 1. The highest BCUT2D eigenvalue weighted by molar-refractivity contribution is 5.85. The zero-order valence-corrected chi connectivity index (χ0v) is 11.4. The molecule has 0 atom stereocenters. The molecule has 0 aliphatic carbocycles. The van der Waals surface area contributed by atoms with Gasteiger partial charge in [0.15, 0.2) is 0 Å². The molecule has 0 aliphatic rings. The van der Waals surface area contributed by atoms with Crippen molar-refractivity contribution in [3.05, 3.63) is 39.7 Å². The Morgan fingerprint density at radius 3 is 2.68 bits per heavy atom.